The molecule has 5 heterocycles. The zero-order valence-corrected chi connectivity index (χ0v) is 22.1. The lowest BCUT2D eigenvalue weighted by Crippen LogP contribution is -2.22. The molecule has 3 saturated carbocycles. The van der Waals surface area contributed by atoms with Gasteiger partial charge in [-0.2, -0.15) is 10.1 Å². The number of nitrogens with one attached hydrogen (secondary N) is 3. The van der Waals surface area contributed by atoms with Crippen molar-refractivity contribution in [3.05, 3.63) is 23.2 Å². The van der Waals surface area contributed by atoms with Crippen LogP contribution in [0, 0.1) is 17.8 Å². The van der Waals surface area contributed by atoms with Crippen molar-refractivity contribution in [3.63, 3.8) is 0 Å². The molecule has 37 heavy (non-hydrogen) atoms. The third-order valence-corrected chi connectivity index (χ3v) is 9.42. The summed E-state index contributed by atoms with van der Waals surface area (Å²) in [5.74, 6) is 5.58. The Labute approximate surface area is 220 Å². The summed E-state index contributed by atoms with van der Waals surface area (Å²) < 4.78 is 6.11. The number of aromatic amines is 1. The molecule has 2 aliphatic heterocycles. The number of esters is 1. The van der Waals surface area contributed by atoms with Gasteiger partial charge in [-0.15, -0.1) is 11.3 Å². The van der Waals surface area contributed by atoms with Gasteiger partial charge >= 0.3 is 5.97 Å². The zero-order chi connectivity index (χ0) is 24.9. The Morgan fingerprint density at radius 1 is 1.22 bits per heavy atom. The maximum atomic E-state index is 11.7. The summed E-state index contributed by atoms with van der Waals surface area (Å²) in [6.07, 6.45) is 10.4. The van der Waals surface area contributed by atoms with Crippen LogP contribution in [-0.2, 0) is 9.53 Å². The molecule has 4 unspecified atom stereocenters. The number of anilines is 3. The van der Waals surface area contributed by atoms with Crippen LogP contribution in [-0.4, -0.2) is 56.4 Å². The maximum absolute atomic E-state index is 11.7. The predicted octanol–water partition coefficient (Wildman–Crippen LogP) is 5.24. The van der Waals surface area contributed by atoms with E-state index in [4.69, 9.17) is 14.7 Å². The summed E-state index contributed by atoms with van der Waals surface area (Å²) in [6.45, 7) is 3.20. The number of H-pyrrole nitrogens is 1. The number of rotatable bonds is 8. The fourth-order valence-electron chi connectivity index (χ4n) is 6.26. The Balaban J connectivity index is 0.000000335. The largest absolute Gasteiger partial charge is 0.466 e. The van der Waals surface area contributed by atoms with E-state index in [1.54, 1.807) is 30.6 Å². The van der Waals surface area contributed by atoms with Crippen LogP contribution >= 0.6 is 11.3 Å². The van der Waals surface area contributed by atoms with E-state index < -0.39 is 0 Å². The second-order valence-corrected chi connectivity index (χ2v) is 12.2. The highest BCUT2D eigenvalue weighted by Crippen LogP contribution is 2.51. The average Bonchev–Trinajstić information content (AvgIpc) is 3.77. The van der Waals surface area contributed by atoms with E-state index in [1.807, 2.05) is 18.4 Å². The van der Waals surface area contributed by atoms with E-state index in [9.17, 15) is 4.79 Å². The Kier molecular flexibility index (Phi) is 6.04. The number of aromatic nitrogens is 4. The normalized spacial score (nSPS) is 30.7. The monoisotopic (exact) mass is 521 g/mol. The molecule has 0 radical (unpaired) electrons. The van der Waals surface area contributed by atoms with E-state index in [0.29, 0.717) is 36.9 Å². The van der Waals surface area contributed by atoms with E-state index in [0.717, 1.165) is 40.5 Å². The molecular weight excluding hydrogens is 486 g/mol. The molecule has 2 saturated heterocycles. The first kappa shape index (κ1) is 23.4. The van der Waals surface area contributed by atoms with Crippen molar-refractivity contribution in [3.8, 4) is 0 Å². The lowest BCUT2D eigenvalue weighted by Gasteiger charge is -2.14. The van der Waals surface area contributed by atoms with Crippen LogP contribution in [0.5, 0.6) is 0 Å². The number of piperidine rings is 1. The molecule has 5 aliphatic rings. The fourth-order valence-corrected chi connectivity index (χ4v) is 7.04. The van der Waals surface area contributed by atoms with Gasteiger partial charge in [-0.3, -0.25) is 14.8 Å². The molecule has 10 heteroatoms. The number of nitrogens with zero attached hydrogens (tertiary/aromatic N) is 4. The standard InChI is InChI=1S/C21H25N7O2S.C6H10/c1-2-30-17(29)8-11-7-15-20(28(15)10-11)25-21-22-13-5-6-31-18(13)19(24-21)23-16-9-14(26-27-16)12-3-4-12;1-2-5-4-6(5)3-1/h5-6,9,11-12,15,20H,2-4,7-8,10H2,1H3,(H3,22,23,24,25,26,27);5-6H,1-4H2/t11?,15-,20?,28+;/m0./s1. The second-order valence-electron chi connectivity index (χ2n) is 11.3. The molecule has 0 amide bonds. The van der Waals surface area contributed by atoms with Crippen LogP contribution < -0.4 is 10.6 Å². The molecule has 0 spiro atoms. The molecule has 5 fully saturated rings. The summed E-state index contributed by atoms with van der Waals surface area (Å²) in [5, 5.41) is 16.4. The van der Waals surface area contributed by atoms with Crippen molar-refractivity contribution in [2.45, 2.75) is 76.4 Å². The summed E-state index contributed by atoms with van der Waals surface area (Å²) in [4.78, 5) is 23.6. The summed E-state index contributed by atoms with van der Waals surface area (Å²) in [7, 11) is 0. The molecule has 3 aromatic heterocycles. The third kappa shape index (κ3) is 5.05. The van der Waals surface area contributed by atoms with Crippen molar-refractivity contribution in [2.75, 3.05) is 23.8 Å². The zero-order valence-electron chi connectivity index (χ0n) is 21.3. The molecule has 0 bridgehead atoms. The van der Waals surface area contributed by atoms with E-state index in [2.05, 4.69) is 31.8 Å². The van der Waals surface area contributed by atoms with E-state index in [-0.39, 0.29) is 12.1 Å². The smallest absolute Gasteiger partial charge is 0.306 e. The van der Waals surface area contributed by atoms with Gasteiger partial charge in [0.2, 0.25) is 5.95 Å². The summed E-state index contributed by atoms with van der Waals surface area (Å²) in [5.41, 5.74) is 2.04. The quantitative estimate of drug-likeness (QED) is 0.273. The van der Waals surface area contributed by atoms with Crippen LogP contribution in [0.4, 0.5) is 17.6 Å². The first-order valence-electron chi connectivity index (χ1n) is 13.9. The van der Waals surface area contributed by atoms with Gasteiger partial charge in [0.1, 0.15) is 5.82 Å². The summed E-state index contributed by atoms with van der Waals surface area (Å²) >= 11 is 1.62. The van der Waals surface area contributed by atoms with Gasteiger partial charge in [0.05, 0.1) is 28.7 Å². The molecule has 3 aromatic rings. The third-order valence-electron chi connectivity index (χ3n) is 8.51. The van der Waals surface area contributed by atoms with Crippen molar-refractivity contribution < 1.29 is 9.53 Å². The number of thiophene rings is 1. The minimum Gasteiger partial charge on any atom is -0.466 e. The first-order chi connectivity index (χ1) is 18.1. The Morgan fingerprint density at radius 3 is 2.76 bits per heavy atom. The molecular formula is C27H35N7O2S. The number of carbonyl (C=O) groups excluding carboxylic acids is 1. The minimum absolute atomic E-state index is 0.0925. The molecule has 196 valence electrons. The number of ether oxygens (including phenoxy) is 1. The van der Waals surface area contributed by atoms with Gasteiger partial charge in [-0.1, -0.05) is 19.3 Å². The number of carbonyl (C=O) groups is 1. The molecule has 3 N–H and O–H groups in total. The first-order valence-corrected chi connectivity index (χ1v) is 14.8. The van der Waals surface area contributed by atoms with E-state index in [1.165, 1.54) is 31.1 Å². The number of fused-ring (bicyclic) bond motifs is 3. The lowest BCUT2D eigenvalue weighted by molar-refractivity contribution is -0.144. The van der Waals surface area contributed by atoms with Gasteiger partial charge in [0.25, 0.3) is 0 Å². The van der Waals surface area contributed by atoms with Crippen molar-refractivity contribution in [1.82, 2.24) is 25.1 Å². The van der Waals surface area contributed by atoms with Gasteiger partial charge in [0, 0.05) is 31.0 Å². The van der Waals surface area contributed by atoms with Gasteiger partial charge in [-0.05, 0) is 61.8 Å². The Bertz CT molecular complexity index is 1270. The highest BCUT2D eigenvalue weighted by molar-refractivity contribution is 7.17. The lowest BCUT2D eigenvalue weighted by atomic mass is 10.0. The van der Waals surface area contributed by atoms with Gasteiger partial charge in [0.15, 0.2) is 5.82 Å². The van der Waals surface area contributed by atoms with Gasteiger partial charge in [-0.25, -0.2) is 4.98 Å². The molecule has 0 aromatic carbocycles. The minimum atomic E-state index is -0.0925. The molecule has 6 atom stereocenters. The summed E-state index contributed by atoms with van der Waals surface area (Å²) in [6, 6.07) is 4.53. The van der Waals surface area contributed by atoms with Crippen LogP contribution in [0.15, 0.2) is 17.5 Å². The second kappa shape index (κ2) is 9.54. The maximum Gasteiger partial charge on any atom is 0.306 e. The topological polar surface area (TPSA) is 108 Å². The Morgan fingerprint density at radius 2 is 2.08 bits per heavy atom. The van der Waals surface area contributed by atoms with Crippen molar-refractivity contribution >= 4 is 45.1 Å². The van der Waals surface area contributed by atoms with Crippen molar-refractivity contribution in [2.24, 2.45) is 17.8 Å². The Hall–Kier alpha value is -2.72. The highest BCUT2D eigenvalue weighted by Gasteiger charge is 2.54. The van der Waals surface area contributed by atoms with Crippen LogP contribution in [0.3, 0.4) is 0 Å². The SMILES string of the molecule is C1CC2CC2C1.CCOC(=O)CC1C[C@H]2C(Nc3nc(Nc4cc(C5CC5)n[nH]4)c4sccc4n3)[N@]2C1. The molecule has 3 aliphatic carbocycles. The van der Waals surface area contributed by atoms with Crippen LogP contribution in [0.25, 0.3) is 10.2 Å². The molecule has 8 rings (SSSR count). The highest BCUT2D eigenvalue weighted by atomic mass is 32.1. The average molecular weight is 522 g/mol. The van der Waals surface area contributed by atoms with Crippen molar-refractivity contribution in [1.29, 1.82) is 0 Å². The number of hydrogen-bond donors (Lipinski definition) is 3. The fraction of sp³-hybridized carbons (Fsp3) is 0.630. The predicted molar refractivity (Wildman–Crippen MR) is 144 cm³/mol. The van der Waals surface area contributed by atoms with Crippen LogP contribution in [0.2, 0.25) is 0 Å². The van der Waals surface area contributed by atoms with Gasteiger partial charge < -0.3 is 15.4 Å². The van der Waals surface area contributed by atoms with E-state index >= 15 is 0 Å². The van der Waals surface area contributed by atoms with Crippen LogP contribution in [0.1, 0.15) is 69.9 Å². The molecule has 9 nitrogen and oxygen atoms in total. The number of hydrogen-bond acceptors (Lipinski definition) is 9.